The predicted molar refractivity (Wildman–Crippen MR) is 73.7 cm³/mol. The highest BCUT2D eigenvalue weighted by Crippen LogP contribution is 2.13. The first-order valence-electron chi connectivity index (χ1n) is 6.54. The monoisotopic (exact) mass is 263 g/mol. The van der Waals surface area contributed by atoms with Gasteiger partial charge in [0.05, 0.1) is 0 Å². The molecule has 5 heteroatoms. The summed E-state index contributed by atoms with van der Waals surface area (Å²) in [4.78, 5) is 2.17. The van der Waals surface area contributed by atoms with Crippen LogP contribution < -0.4 is 0 Å². The van der Waals surface area contributed by atoms with Crippen molar-refractivity contribution in [2.75, 3.05) is 47.1 Å². The Morgan fingerprint density at radius 3 is 2.06 bits per heavy atom. The van der Waals surface area contributed by atoms with Crippen LogP contribution in [0.2, 0.25) is 12.6 Å². The van der Waals surface area contributed by atoms with Gasteiger partial charge in [0.1, 0.15) is 0 Å². The molecule has 0 atom stereocenters. The van der Waals surface area contributed by atoms with Crippen LogP contribution in [0, 0.1) is 0 Å². The van der Waals surface area contributed by atoms with E-state index in [2.05, 4.69) is 25.5 Å². The summed E-state index contributed by atoms with van der Waals surface area (Å²) in [5.74, 6) is 0. The van der Waals surface area contributed by atoms with Crippen LogP contribution in [0.15, 0.2) is 0 Å². The zero-order valence-corrected chi connectivity index (χ0v) is 13.1. The number of rotatable bonds is 11. The fourth-order valence-electron chi connectivity index (χ4n) is 1.64. The standard InChI is InChI=1S/C12H29NO3Si/c1-6-15-17(5,16-7-2)12-11-14-10-8-9-13(3)4/h6-12H2,1-5H3. The molecule has 0 aliphatic carbocycles. The number of hydrogen-bond donors (Lipinski definition) is 0. The summed E-state index contributed by atoms with van der Waals surface area (Å²) in [6.45, 7) is 10.2. The third-order valence-corrected chi connectivity index (χ3v) is 5.40. The van der Waals surface area contributed by atoms with Gasteiger partial charge in [0.2, 0.25) is 0 Å². The number of nitrogens with zero attached hydrogens (tertiary/aromatic N) is 1. The van der Waals surface area contributed by atoms with Crippen LogP contribution in [0.4, 0.5) is 0 Å². The molecule has 0 aliphatic heterocycles. The van der Waals surface area contributed by atoms with Gasteiger partial charge in [-0.15, -0.1) is 0 Å². The average Bonchev–Trinajstić information content (AvgIpc) is 2.23. The Morgan fingerprint density at radius 2 is 1.59 bits per heavy atom. The third-order valence-electron chi connectivity index (χ3n) is 2.49. The van der Waals surface area contributed by atoms with Gasteiger partial charge in [0.15, 0.2) is 0 Å². The Hall–Kier alpha value is 0.0569. The minimum Gasteiger partial charge on any atom is -0.395 e. The van der Waals surface area contributed by atoms with E-state index in [-0.39, 0.29) is 0 Å². The van der Waals surface area contributed by atoms with E-state index in [1.54, 1.807) is 0 Å². The van der Waals surface area contributed by atoms with Crippen molar-refractivity contribution < 1.29 is 13.6 Å². The van der Waals surface area contributed by atoms with E-state index in [9.17, 15) is 0 Å². The molecule has 0 aromatic rings. The fourth-order valence-corrected chi connectivity index (χ4v) is 3.75. The van der Waals surface area contributed by atoms with Crippen molar-refractivity contribution in [1.82, 2.24) is 4.90 Å². The van der Waals surface area contributed by atoms with Crippen LogP contribution in [0.25, 0.3) is 0 Å². The number of hydrogen-bond acceptors (Lipinski definition) is 4. The molecule has 0 aromatic heterocycles. The van der Waals surface area contributed by atoms with E-state index >= 15 is 0 Å². The summed E-state index contributed by atoms with van der Waals surface area (Å²) >= 11 is 0. The zero-order chi connectivity index (χ0) is 13.1. The first kappa shape index (κ1) is 17.1. The summed E-state index contributed by atoms with van der Waals surface area (Å²) in [7, 11) is 2.19. The maximum atomic E-state index is 5.74. The first-order valence-corrected chi connectivity index (χ1v) is 9.06. The van der Waals surface area contributed by atoms with Gasteiger partial charge >= 0.3 is 8.56 Å². The molecule has 0 fully saturated rings. The summed E-state index contributed by atoms with van der Waals surface area (Å²) in [5.41, 5.74) is 0. The smallest absolute Gasteiger partial charge is 0.337 e. The van der Waals surface area contributed by atoms with Crippen molar-refractivity contribution in [3.63, 3.8) is 0 Å². The Balaban J connectivity index is 3.61. The second-order valence-corrected chi connectivity index (χ2v) is 7.86. The molecule has 17 heavy (non-hydrogen) atoms. The molecule has 0 amide bonds. The normalized spacial score (nSPS) is 12.4. The highest BCUT2D eigenvalue weighted by atomic mass is 28.4. The van der Waals surface area contributed by atoms with Crippen molar-refractivity contribution in [2.24, 2.45) is 0 Å². The molecule has 104 valence electrons. The second kappa shape index (κ2) is 10.0. The molecule has 0 N–H and O–H groups in total. The zero-order valence-electron chi connectivity index (χ0n) is 12.1. The van der Waals surface area contributed by atoms with Gasteiger partial charge in [0.25, 0.3) is 0 Å². The van der Waals surface area contributed by atoms with Crippen LogP contribution in [0.1, 0.15) is 20.3 Å². The minimum absolute atomic E-state index is 0.726. The van der Waals surface area contributed by atoms with Crippen LogP contribution in [-0.2, 0) is 13.6 Å². The molecule has 0 saturated carbocycles. The highest BCUT2D eigenvalue weighted by molar-refractivity contribution is 6.66. The van der Waals surface area contributed by atoms with Crippen molar-refractivity contribution in [3.05, 3.63) is 0 Å². The van der Waals surface area contributed by atoms with E-state index < -0.39 is 8.56 Å². The largest absolute Gasteiger partial charge is 0.395 e. The lowest BCUT2D eigenvalue weighted by molar-refractivity contribution is 0.122. The Kier molecular flexibility index (Phi) is 10.1. The average molecular weight is 263 g/mol. The molecule has 0 radical (unpaired) electrons. The number of ether oxygens (including phenoxy) is 1. The van der Waals surface area contributed by atoms with Gasteiger partial charge in [-0.1, -0.05) is 0 Å². The molecular formula is C12H29NO3Si. The Bertz CT molecular complexity index is 173. The fraction of sp³-hybridized carbons (Fsp3) is 1.00. The lowest BCUT2D eigenvalue weighted by Gasteiger charge is -2.25. The lowest BCUT2D eigenvalue weighted by Crippen LogP contribution is -2.39. The molecule has 0 unspecified atom stereocenters. The van der Waals surface area contributed by atoms with E-state index in [0.717, 1.165) is 45.4 Å². The van der Waals surface area contributed by atoms with Crippen molar-refractivity contribution in [3.8, 4) is 0 Å². The van der Waals surface area contributed by atoms with E-state index in [1.165, 1.54) is 0 Å². The SMILES string of the molecule is CCO[Si](C)(CCOCCCN(C)C)OCC. The van der Waals surface area contributed by atoms with E-state index in [0.29, 0.717) is 0 Å². The van der Waals surface area contributed by atoms with Crippen LogP contribution in [-0.4, -0.2) is 60.5 Å². The molecule has 0 aromatic carbocycles. The topological polar surface area (TPSA) is 30.9 Å². The summed E-state index contributed by atoms with van der Waals surface area (Å²) in [6.07, 6.45) is 1.08. The summed E-state index contributed by atoms with van der Waals surface area (Å²) in [5, 5.41) is 0. The molecule has 0 saturated heterocycles. The van der Waals surface area contributed by atoms with Gasteiger partial charge < -0.3 is 18.5 Å². The first-order chi connectivity index (χ1) is 8.04. The van der Waals surface area contributed by atoms with Crippen molar-refractivity contribution >= 4 is 8.56 Å². The van der Waals surface area contributed by atoms with E-state index in [4.69, 9.17) is 13.6 Å². The maximum absolute atomic E-state index is 5.74. The summed E-state index contributed by atoms with van der Waals surface area (Å²) in [6, 6.07) is 0.913. The maximum Gasteiger partial charge on any atom is 0.337 e. The Morgan fingerprint density at radius 1 is 1.00 bits per heavy atom. The molecule has 0 heterocycles. The second-order valence-electron chi connectivity index (χ2n) is 4.52. The van der Waals surface area contributed by atoms with Gasteiger partial charge in [-0.25, -0.2) is 0 Å². The quantitative estimate of drug-likeness (QED) is 0.422. The third kappa shape index (κ3) is 9.73. The van der Waals surface area contributed by atoms with Crippen LogP contribution >= 0.6 is 0 Å². The molecule has 4 nitrogen and oxygen atoms in total. The molecular weight excluding hydrogens is 234 g/mol. The van der Waals surface area contributed by atoms with Gasteiger partial charge in [-0.2, -0.15) is 0 Å². The minimum atomic E-state index is -1.97. The van der Waals surface area contributed by atoms with Crippen molar-refractivity contribution in [2.45, 2.75) is 32.9 Å². The van der Waals surface area contributed by atoms with Gasteiger partial charge in [-0.05, 0) is 47.5 Å². The lowest BCUT2D eigenvalue weighted by atomic mass is 10.4. The van der Waals surface area contributed by atoms with Crippen LogP contribution in [0.5, 0.6) is 0 Å². The molecule has 0 bridgehead atoms. The molecule has 0 aliphatic rings. The molecule has 0 spiro atoms. The van der Waals surface area contributed by atoms with Gasteiger partial charge in [0, 0.05) is 32.5 Å². The Labute approximate surface area is 107 Å². The molecule has 0 rings (SSSR count). The van der Waals surface area contributed by atoms with Crippen molar-refractivity contribution in [1.29, 1.82) is 0 Å². The van der Waals surface area contributed by atoms with Crippen LogP contribution in [0.3, 0.4) is 0 Å². The highest BCUT2D eigenvalue weighted by Gasteiger charge is 2.30. The predicted octanol–water partition coefficient (Wildman–Crippen LogP) is 2.10. The van der Waals surface area contributed by atoms with E-state index in [1.807, 2.05) is 13.8 Å². The summed E-state index contributed by atoms with van der Waals surface area (Å²) < 4.78 is 17.1. The van der Waals surface area contributed by atoms with Gasteiger partial charge in [-0.3, -0.25) is 0 Å².